The molecule has 30 heavy (non-hydrogen) atoms. The zero-order valence-electron chi connectivity index (χ0n) is 16.4. The van der Waals surface area contributed by atoms with Crippen LogP contribution in [0.3, 0.4) is 0 Å². The Morgan fingerprint density at radius 1 is 1.07 bits per heavy atom. The molecule has 0 aliphatic carbocycles. The van der Waals surface area contributed by atoms with Crippen LogP contribution in [-0.2, 0) is 21.7 Å². The number of rotatable bonds is 5. The maximum atomic E-state index is 13.3. The van der Waals surface area contributed by atoms with Gasteiger partial charge in [-0.25, -0.2) is 0 Å². The number of halogens is 1. The SMILES string of the molecule is Cc1ccc(CNC(=O)CN2C(=O)[C@](O)(c3cccc(Cl)c3)c3ccccc32)cc1. The van der Waals surface area contributed by atoms with Crippen LogP contribution in [0.5, 0.6) is 0 Å². The van der Waals surface area contributed by atoms with E-state index in [2.05, 4.69) is 5.32 Å². The van der Waals surface area contributed by atoms with E-state index in [0.717, 1.165) is 11.1 Å². The zero-order chi connectivity index (χ0) is 21.3. The minimum atomic E-state index is -1.89. The van der Waals surface area contributed by atoms with E-state index in [4.69, 9.17) is 11.6 Å². The number of para-hydroxylation sites is 1. The fraction of sp³-hybridized carbons (Fsp3) is 0.167. The van der Waals surface area contributed by atoms with E-state index >= 15 is 0 Å². The molecular weight excluding hydrogens is 400 g/mol. The molecule has 0 aromatic heterocycles. The minimum absolute atomic E-state index is 0.190. The number of nitrogens with one attached hydrogen (secondary N) is 1. The third-order valence-electron chi connectivity index (χ3n) is 5.29. The number of aryl methyl sites for hydroxylation is 1. The molecule has 0 fully saturated rings. The standard InChI is InChI=1S/C24H21ClN2O3/c1-16-9-11-17(12-10-16)14-26-22(28)15-27-21-8-3-2-7-20(21)24(30,23(27)29)18-5-4-6-19(25)13-18/h2-13,30H,14-15H2,1H3,(H,26,28)/t24-/m0/s1. The lowest BCUT2D eigenvalue weighted by molar-refractivity contribution is -0.133. The van der Waals surface area contributed by atoms with E-state index in [9.17, 15) is 14.7 Å². The Labute approximate surface area is 179 Å². The van der Waals surface area contributed by atoms with Gasteiger partial charge in [-0.2, -0.15) is 0 Å². The van der Waals surface area contributed by atoms with Gasteiger partial charge < -0.3 is 10.4 Å². The number of nitrogens with zero attached hydrogens (tertiary/aromatic N) is 1. The maximum Gasteiger partial charge on any atom is 0.268 e. The lowest BCUT2D eigenvalue weighted by Crippen LogP contribution is -2.45. The summed E-state index contributed by atoms with van der Waals surface area (Å²) in [6, 6.07) is 21.4. The summed E-state index contributed by atoms with van der Waals surface area (Å²) in [7, 11) is 0. The quantitative estimate of drug-likeness (QED) is 0.663. The molecule has 1 heterocycles. The number of fused-ring (bicyclic) bond motifs is 1. The van der Waals surface area contributed by atoms with E-state index in [-0.39, 0.29) is 12.5 Å². The van der Waals surface area contributed by atoms with Gasteiger partial charge in [0.25, 0.3) is 5.91 Å². The van der Waals surface area contributed by atoms with Crippen molar-refractivity contribution in [3.8, 4) is 0 Å². The molecule has 2 N–H and O–H groups in total. The molecule has 1 atom stereocenters. The number of carbonyl (C=O) groups excluding carboxylic acids is 2. The van der Waals surface area contributed by atoms with Crippen LogP contribution in [0, 0.1) is 6.92 Å². The molecule has 5 nitrogen and oxygen atoms in total. The molecule has 0 saturated heterocycles. The Hall–Kier alpha value is -3.15. The Kier molecular flexibility index (Phi) is 5.33. The second-order valence-corrected chi connectivity index (χ2v) is 7.83. The summed E-state index contributed by atoms with van der Waals surface area (Å²) in [5.41, 5.74) is 1.54. The topological polar surface area (TPSA) is 69.6 Å². The van der Waals surface area contributed by atoms with Crippen LogP contribution in [0.15, 0.2) is 72.8 Å². The molecule has 0 saturated carbocycles. The number of aliphatic hydroxyl groups is 1. The summed E-state index contributed by atoms with van der Waals surface area (Å²) in [5, 5.41) is 14.7. The van der Waals surface area contributed by atoms with Crippen LogP contribution in [0.1, 0.15) is 22.3 Å². The predicted octanol–water partition coefficient (Wildman–Crippen LogP) is 3.55. The molecule has 0 spiro atoms. The zero-order valence-corrected chi connectivity index (χ0v) is 17.2. The lowest BCUT2D eigenvalue weighted by Gasteiger charge is -2.23. The van der Waals surface area contributed by atoms with Crippen molar-refractivity contribution in [3.63, 3.8) is 0 Å². The first-order valence-electron chi connectivity index (χ1n) is 9.62. The Morgan fingerprint density at radius 2 is 1.80 bits per heavy atom. The molecule has 2 amide bonds. The molecular formula is C24H21ClN2O3. The fourth-order valence-corrected chi connectivity index (χ4v) is 3.88. The van der Waals surface area contributed by atoms with Crippen LogP contribution < -0.4 is 10.2 Å². The van der Waals surface area contributed by atoms with Gasteiger partial charge in [0.1, 0.15) is 6.54 Å². The number of benzene rings is 3. The van der Waals surface area contributed by atoms with Gasteiger partial charge in [0.15, 0.2) is 5.60 Å². The van der Waals surface area contributed by atoms with Gasteiger partial charge in [-0.1, -0.05) is 71.8 Å². The van der Waals surface area contributed by atoms with Crippen molar-refractivity contribution in [2.24, 2.45) is 0 Å². The smallest absolute Gasteiger partial charge is 0.268 e. The molecule has 1 aliphatic rings. The first-order valence-corrected chi connectivity index (χ1v) is 9.99. The second-order valence-electron chi connectivity index (χ2n) is 7.39. The molecule has 4 rings (SSSR count). The summed E-state index contributed by atoms with van der Waals surface area (Å²) in [6.45, 7) is 2.17. The van der Waals surface area contributed by atoms with Gasteiger partial charge >= 0.3 is 0 Å². The van der Waals surface area contributed by atoms with Crippen LogP contribution in [0.25, 0.3) is 0 Å². The minimum Gasteiger partial charge on any atom is -0.372 e. The molecule has 6 heteroatoms. The average molecular weight is 421 g/mol. The van der Waals surface area contributed by atoms with Crippen molar-refractivity contribution >= 4 is 29.1 Å². The number of amides is 2. The Balaban J connectivity index is 1.57. The predicted molar refractivity (Wildman–Crippen MR) is 116 cm³/mol. The first-order chi connectivity index (χ1) is 14.4. The third kappa shape index (κ3) is 3.58. The molecule has 152 valence electrons. The van der Waals surface area contributed by atoms with Gasteiger partial charge in [-0.3, -0.25) is 14.5 Å². The van der Waals surface area contributed by atoms with Gasteiger partial charge in [0, 0.05) is 17.1 Å². The molecule has 0 unspecified atom stereocenters. The third-order valence-corrected chi connectivity index (χ3v) is 5.53. The summed E-state index contributed by atoms with van der Waals surface area (Å²) in [6.07, 6.45) is 0. The van der Waals surface area contributed by atoms with Gasteiger partial charge in [-0.15, -0.1) is 0 Å². The fourth-order valence-electron chi connectivity index (χ4n) is 3.69. The number of carbonyl (C=O) groups is 2. The summed E-state index contributed by atoms with van der Waals surface area (Å²) >= 11 is 6.09. The largest absolute Gasteiger partial charge is 0.372 e. The highest BCUT2D eigenvalue weighted by Gasteiger charge is 2.51. The highest BCUT2D eigenvalue weighted by atomic mass is 35.5. The van der Waals surface area contributed by atoms with Gasteiger partial charge in [0.05, 0.1) is 5.69 Å². The van der Waals surface area contributed by atoms with Crippen molar-refractivity contribution in [1.82, 2.24) is 5.32 Å². The normalized spacial score (nSPS) is 17.7. The maximum absolute atomic E-state index is 13.3. The van der Waals surface area contributed by atoms with E-state index in [0.29, 0.717) is 28.4 Å². The Bertz CT molecular complexity index is 1110. The van der Waals surface area contributed by atoms with Crippen molar-refractivity contribution in [3.05, 3.63) is 100 Å². The van der Waals surface area contributed by atoms with Gasteiger partial charge in [0.2, 0.25) is 5.91 Å². The highest BCUT2D eigenvalue weighted by Crippen LogP contribution is 2.44. The summed E-state index contributed by atoms with van der Waals surface area (Å²) in [4.78, 5) is 27.2. The van der Waals surface area contributed by atoms with Crippen LogP contribution in [0.2, 0.25) is 5.02 Å². The van der Waals surface area contributed by atoms with E-state index < -0.39 is 11.5 Å². The van der Waals surface area contributed by atoms with Crippen LogP contribution in [-0.4, -0.2) is 23.5 Å². The Morgan fingerprint density at radius 3 is 2.53 bits per heavy atom. The summed E-state index contributed by atoms with van der Waals surface area (Å²) in [5.74, 6) is -0.884. The molecule has 3 aromatic carbocycles. The lowest BCUT2D eigenvalue weighted by atomic mass is 9.87. The molecule has 1 aliphatic heterocycles. The van der Waals surface area contributed by atoms with Crippen LogP contribution in [0.4, 0.5) is 5.69 Å². The van der Waals surface area contributed by atoms with E-state index in [1.807, 2.05) is 31.2 Å². The second kappa shape index (κ2) is 7.94. The van der Waals surface area contributed by atoms with Gasteiger partial charge in [-0.05, 0) is 36.2 Å². The molecule has 0 radical (unpaired) electrons. The number of hydrogen-bond donors (Lipinski definition) is 2. The van der Waals surface area contributed by atoms with Crippen molar-refractivity contribution in [1.29, 1.82) is 0 Å². The monoisotopic (exact) mass is 420 g/mol. The number of anilines is 1. The van der Waals surface area contributed by atoms with Crippen molar-refractivity contribution in [2.45, 2.75) is 19.1 Å². The van der Waals surface area contributed by atoms with E-state index in [1.54, 1.807) is 48.5 Å². The molecule has 3 aromatic rings. The first kappa shape index (κ1) is 20.1. The molecule has 0 bridgehead atoms. The van der Waals surface area contributed by atoms with Crippen molar-refractivity contribution < 1.29 is 14.7 Å². The van der Waals surface area contributed by atoms with Crippen molar-refractivity contribution in [2.75, 3.05) is 11.4 Å². The average Bonchev–Trinajstić information content (AvgIpc) is 2.96. The van der Waals surface area contributed by atoms with Crippen LogP contribution >= 0.6 is 11.6 Å². The highest BCUT2D eigenvalue weighted by molar-refractivity contribution is 6.30. The van der Waals surface area contributed by atoms with E-state index in [1.165, 1.54) is 4.90 Å². The summed E-state index contributed by atoms with van der Waals surface area (Å²) < 4.78 is 0. The number of hydrogen-bond acceptors (Lipinski definition) is 3.